The van der Waals surface area contributed by atoms with Crippen molar-refractivity contribution in [1.82, 2.24) is 19.7 Å². The van der Waals surface area contributed by atoms with E-state index in [0.717, 1.165) is 52.9 Å². The number of aryl methyl sites for hydroxylation is 2. The van der Waals surface area contributed by atoms with Gasteiger partial charge in [-0.05, 0) is 37.6 Å². The molecule has 0 aliphatic rings. The lowest BCUT2D eigenvalue weighted by molar-refractivity contribution is 0.102. The zero-order chi connectivity index (χ0) is 20.2. The van der Waals surface area contributed by atoms with Crippen LogP contribution in [0.2, 0.25) is 0 Å². The van der Waals surface area contributed by atoms with Gasteiger partial charge in [-0.1, -0.05) is 31.5 Å². The van der Waals surface area contributed by atoms with Gasteiger partial charge in [0, 0.05) is 35.5 Å². The van der Waals surface area contributed by atoms with Crippen molar-refractivity contribution in [1.29, 1.82) is 0 Å². The summed E-state index contributed by atoms with van der Waals surface area (Å²) < 4.78 is 1.86. The van der Waals surface area contributed by atoms with Gasteiger partial charge in [-0.15, -0.1) is 0 Å². The Kier molecular flexibility index (Phi) is 5.33. The Balaban J connectivity index is 1.75. The molecule has 0 aliphatic heterocycles. The number of unbranched alkanes of at least 4 members (excludes halogenated alkanes) is 1. The standard InChI is InChI=1S/C23H23N5O/c1-3-4-12-28-22(16(2)14-25-28)27-23(29)19-13-21(17-8-7-11-24-15-17)26-20-10-6-5-9-18(19)20/h5-11,13-15H,3-4,12H2,1-2H3,(H,27,29). The summed E-state index contributed by atoms with van der Waals surface area (Å²) in [4.78, 5) is 22.2. The maximum absolute atomic E-state index is 13.3. The van der Waals surface area contributed by atoms with Crippen molar-refractivity contribution in [3.05, 3.63) is 72.2 Å². The second-order valence-corrected chi connectivity index (χ2v) is 7.02. The normalized spacial score (nSPS) is 11.0. The maximum atomic E-state index is 13.3. The molecule has 4 aromatic rings. The third-order valence-corrected chi connectivity index (χ3v) is 4.90. The van der Waals surface area contributed by atoms with E-state index in [-0.39, 0.29) is 5.91 Å². The van der Waals surface area contributed by atoms with Crippen LogP contribution in [0, 0.1) is 6.92 Å². The van der Waals surface area contributed by atoms with Crippen LogP contribution in [0.25, 0.3) is 22.2 Å². The van der Waals surface area contributed by atoms with Gasteiger partial charge in [0.05, 0.1) is 23.0 Å². The maximum Gasteiger partial charge on any atom is 0.257 e. The average Bonchev–Trinajstić information content (AvgIpc) is 3.11. The van der Waals surface area contributed by atoms with Crippen LogP contribution in [0.15, 0.2) is 61.1 Å². The Morgan fingerprint density at radius 1 is 1.14 bits per heavy atom. The van der Waals surface area contributed by atoms with Gasteiger partial charge in [-0.2, -0.15) is 5.10 Å². The molecule has 3 aromatic heterocycles. The lowest BCUT2D eigenvalue weighted by atomic mass is 10.0. The van der Waals surface area contributed by atoms with E-state index in [0.29, 0.717) is 5.56 Å². The number of amides is 1. The molecular formula is C23H23N5O. The van der Waals surface area contributed by atoms with E-state index >= 15 is 0 Å². The van der Waals surface area contributed by atoms with Crippen molar-refractivity contribution in [2.24, 2.45) is 0 Å². The van der Waals surface area contributed by atoms with Crippen molar-refractivity contribution in [2.75, 3.05) is 5.32 Å². The first kappa shape index (κ1) is 18.8. The molecular weight excluding hydrogens is 362 g/mol. The third kappa shape index (κ3) is 3.87. The molecule has 0 saturated carbocycles. The molecule has 0 radical (unpaired) electrons. The lowest BCUT2D eigenvalue weighted by Gasteiger charge is -2.12. The van der Waals surface area contributed by atoms with Gasteiger partial charge in [-0.3, -0.25) is 9.78 Å². The number of hydrogen-bond donors (Lipinski definition) is 1. The van der Waals surface area contributed by atoms with Gasteiger partial charge in [0.25, 0.3) is 5.91 Å². The minimum Gasteiger partial charge on any atom is -0.307 e. The van der Waals surface area contributed by atoms with Crippen molar-refractivity contribution in [2.45, 2.75) is 33.2 Å². The van der Waals surface area contributed by atoms with Crippen molar-refractivity contribution >= 4 is 22.6 Å². The first-order chi connectivity index (χ1) is 14.2. The summed E-state index contributed by atoms with van der Waals surface area (Å²) >= 11 is 0. The zero-order valence-corrected chi connectivity index (χ0v) is 16.6. The number of anilines is 1. The number of hydrogen-bond acceptors (Lipinski definition) is 4. The summed E-state index contributed by atoms with van der Waals surface area (Å²) in [5, 5.41) is 8.30. The number of carbonyl (C=O) groups is 1. The third-order valence-electron chi connectivity index (χ3n) is 4.90. The highest BCUT2D eigenvalue weighted by Gasteiger charge is 2.17. The summed E-state index contributed by atoms with van der Waals surface area (Å²) in [5.74, 6) is 0.572. The Labute approximate surface area is 169 Å². The van der Waals surface area contributed by atoms with Crippen molar-refractivity contribution < 1.29 is 4.79 Å². The Morgan fingerprint density at radius 2 is 2.00 bits per heavy atom. The van der Waals surface area contributed by atoms with E-state index in [4.69, 9.17) is 4.98 Å². The zero-order valence-electron chi connectivity index (χ0n) is 16.6. The Hall–Kier alpha value is -3.54. The second-order valence-electron chi connectivity index (χ2n) is 7.02. The van der Waals surface area contributed by atoms with Crippen LogP contribution in [-0.4, -0.2) is 25.7 Å². The molecule has 1 N–H and O–H groups in total. The summed E-state index contributed by atoms with van der Waals surface area (Å²) in [6.07, 6.45) is 7.33. The minimum atomic E-state index is -0.171. The molecule has 0 unspecified atom stereocenters. The van der Waals surface area contributed by atoms with E-state index in [1.807, 2.05) is 54.1 Å². The number of nitrogens with zero attached hydrogens (tertiary/aromatic N) is 4. The smallest absolute Gasteiger partial charge is 0.257 e. The molecule has 29 heavy (non-hydrogen) atoms. The molecule has 0 atom stereocenters. The highest BCUT2D eigenvalue weighted by Crippen LogP contribution is 2.26. The fourth-order valence-electron chi connectivity index (χ4n) is 3.32. The van der Waals surface area contributed by atoms with Crippen LogP contribution in [0.5, 0.6) is 0 Å². The van der Waals surface area contributed by atoms with E-state index in [1.54, 1.807) is 18.6 Å². The monoisotopic (exact) mass is 385 g/mol. The minimum absolute atomic E-state index is 0.171. The Bertz CT molecular complexity index is 1150. The number of nitrogens with one attached hydrogen (secondary N) is 1. The molecule has 0 spiro atoms. The number of carbonyl (C=O) groups excluding carboxylic acids is 1. The number of para-hydroxylation sites is 1. The topological polar surface area (TPSA) is 72.7 Å². The molecule has 6 nitrogen and oxygen atoms in total. The molecule has 4 rings (SSSR count). The van der Waals surface area contributed by atoms with Crippen LogP contribution < -0.4 is 5.32 Å². The molecule has 1 aromatic carbocycles. The predicted octanol–water partition coefficient (Wildman–Crippen LogP) is 4.85. The van der Waals surface area contributed by atoms with Gasteiger partial charge < -0.3 is 5.32 Å². The van der Waals surface area contributed by atoms with Crippen molar-refractivity contribution in [3.8, 4) is 11.3 Å². The molecule has 0 saturated heterocycles. The lowest BCUT2D eigenvalue weighted by Crippen LogP contribution is -2.17. The number of benzene rings is 1. The van der Waals surface area contributed by atoms with Gasteiger partial charge in [0.15, 0.2) is 0 Å². The summed E-state index contributed by atoms with van der Waals surface area (Å²) in [6, 6.07) is 13.3. The second kappa shape index (κ2) is 8.22. The Morgan fingerprint density at radius 3 is 2.79 bits per heavy atom. The number of fused-ring (bicyclic) bond motifs is 1. The van der Waals surface area contributed by atoms with E-state index in [1.165, 1.54) is 0 Å². The van der Waals surface area contributed by atoms with E-state index < -0.39 is 0 Å². The fraction of sp³-hybridized carbons (Fsp3) is 0.217. The molecule has 0 fully saturated rings. The molecule has 0 bridgehead atoms. The number of pyridine rings is 2. The van der Waals surface area contributed by atoms with Crippen LogP contribution in [-0.2, 0) is 6.54 Å². The van der Waals surface area contributed by atoms with Gasteiger partial charge in [-0.25, -0.2) is 9.67 Å². The van der Waals surface area contributed by atoms with Crippen molar-refractivity contribution in [3.63, 3.8) is 0 Å². The summed E-state index contributed by atoms with van der Waals surface area (Å²) in [5.41, 5.74) is 3.89. The largest absolute Gasteiger partial charge is 0.307 e. The van der Waals surface area contributed by atoms with E-state index in [9.17, 15) is 4.79 Å². The molecule has 3 heterocycles. The molecule has 146 valence electrons. The molecule has 1 amide bonds. The van der Waals surface area contributed by atoms with Crippen LogP contribution in [0.3, 0.4) is 0 Å². The van der Waals surface area contributed by atoms with Crippen LogP contribution in [0.1, 0.15) is 35.7 Å². The molecule has 6 heteroatoms. The predicted molar refractivity (Wildman–Crippen MR) is 115 cm³/mol. The van der Waals surface area contributed by atoms with Gasteiger partial charge in [0.1, 0.15) is 5.82 Å². The highest BCUT2D eigenvalue weighted by molar-refractivity contribution is 6.13. The van der Waals surface area contributed by atoms with Crippen LogP contribution in [0.4, 0.5) is 5.82 Å². The summed E-state index contributed by atoms with van der Waals surface area (Å²) in [6.45, 7) is 4.87. The number of aromatic nitrogens is 4. The molecule has 0 aliphatic carbocycles. The van der Waals surface area contributed by atoms with Crippen LogP contribution >= 0.6 is 0 Å². The number of rotatable bonds is 6. The van der Waals surface area contributed by atoms with Gasteiger partial charge in [0.2, 0.25) is 0 Å². The quantitative estimate of drug-likeness (QED) is 0.515. The highest BCUT2D eigenvalue weighted by atomic mass is 16.1. The SMILES string of the molecule is CCCCn1ncc(C)c1NC(=O)c1cc(-c2cccnc2)nc2ccccc12. The average molecular weight is 385 g/mol. The summed E-state index contributed by atoms with van der Waals surface area (Å²) in [7, 11) is 0. The first-order valence-corrected chi connectivity index (χ1v) is 9.81. The van der Waals surface area contributed by atoms with E-state index in [2.05, 4.69) is 22.3 Å². The first-order valence-electron chi connectivity index (χ1n) is 9.81. The van der Waals surface area contributed by atoms with Gasteiger partial charge >= 0.3 is 0 Å². The fourth-order valence-corrected chi connectivity index (χ4v) is 3.32.